The molecule has 0 aromatic heterocycles. The minimum atomic E-state index is -0.948. The number of hydrogen-bond donors (Lipinski definition) is 6. The molecule has 0 heterocycles. The molecule has 0 spiro atoms. The molecule has 0 unspecified atom stereocenters. The van der Waals surface area contributed by atoms with Gasteiger partial charge in [0, 0.05) is 25.7 Å². The standard InChI is InChI=1S/2C5H8O4.2ClH.2H3N.Pt/c2*6-4(7)2-1-3-5(8)9;;;;;/h2*1-3H2,(H,6,7)(H,8,9);2*1H;2*1H3;/q;;;;;;+4/p-2. The summed E-state index contributed by atoms with van der Waals surface area (Å²) in [6.07, 6.45) is 0.173. The molecule has 0 aromatic rings. The number of carboxylic acid groups (broad SMARTS) is 4. The molecule has 0 amide bonds. The van der Waals surface area contributed by atoms with Crippen molar-refractivity contribution in [2.45, 2.75) is 38.5 Å². The zero-order valence-electron chi connectivity index (χ0n) is 12.2. The van der Waals surface area contributed by atoms with Crippen molar-refractivity contribution in [2.75, 3.05) is 0 Å². The summed E-state index contributed by atoms with van der Waals surface area (Å²) in [5.41, 5.74) is 0. The number of aliphatic carboxylic acids is 4. The number of carboxylic acids is 4. The van der Waals surface area contributed by atoms with E-state index in [1.54, 1.807) is 0 Å². The maximum atomic E-state index is 9.79. The zero-order valence-corrected chi connectivity index (χ0v) is 15.9. The van der Waals surface area contributed by atoms with E-state index in [-0.39, 0.29) is 96.7 Å². The smallest absolute Gasteiger partial charge is 1.00 e. The summed E-state index contributed by atoms with van der Waals surface area (Å²) in [6.45, 7) is 0. The van der Waals surface area contributed by atoms with E-state index in [1.807, 2.05) is 0 Å². The van der Waals surface area contributed by atoms with Crippen molar-refractivity contribution in [1.82, 2.24) is 12.3 Å². The Hall–Kier alpha value is -0.932. The number of carbonyl (C=O) groups is 4. The van der Waals surface area contributed by atoms with Gasteiger partial charge in [-0.25, -0.2) is 0 Å². The summed E-state index contributed by atoms with van der Waals surface area (Å²) in [7, 11) is 0. The summed E-state index contributed by atoms with van der Waals surface area (Å²) in [4.78, 5) is 39.2. The van der Waals surface area contributed by atoms with E-state index in [9.17, 15) is 19.2 Å². The van der Waals surface area contributed by atoms with Crippen LogP contribution in [0.2, 0.25) is 0 Å². The third-order valence-electron chi connectivity index (χ3n) is 1.56. The molecule has 10 N–H and O–H groups in total. The Morgan fingerprint density at radius 3 is 0.739 bits per heavy atom. The van der Waals surface area contributed by atoms with Gasteiger partial charge in [0.1, 0.15) is 0 Å². The molecule has 0 saturated heterocycles. The third-order valence-corrected chi connectivity index (χ3v) is 1.56. The van der Waals surface area contributed by atoms with Crippen LogP contribution in [0.25, 0.3) is 0 Å². The fourth-order valence-electron chi connectivity index (χ4n) is 0.782. The van der Waals surface area contributed by atoms with Gasteiger partial charge in [-0.1, -0.05) is 0 Å². The largest absolute Gasteiger partial charge is 4.00 e. The van der Waals surface area contributed by atoms with Crippen LogP contribution in [0.1, 0.15) is 38.5 Å². The van der Waals surface area contributed by atoms with Crippen molar-refractivity contribution in [3.8, 4) is 0 Å². The Balaban J connectivity index is -0.0000000366. The minimum Gasteiger partial charge on any atom is -1.00 e. The molecular formula is C10H22Cl2N2O8Pt+2. The Morgan fingerprint density at radius 1 is 0.522 bits per heavy atom. The molecule has 23 heavy (non-hydrogen) atoms. The van der Waals surface area contributed by atoms with E-state index in [1.165, 1.54) is 0 Å². The van der Waals surface area contributed by atoms with Gasteiger partial charge < -0.3 is 57.5 Å². The average molecular weight is 564 g/mol. The van der Waals surface area contributed by atoms with E-state index < -0.39 is 23.9 Å². The van der Waals surface area contributed by atoms with E-state index in [4.69, 9.17) is 20.4 Å². The molecule has 0 bridgehead atoms. The minimum absolute atomic E-state index is 0. The number of hydrogen-bond acceptors (Lipinski definition) is 6. The van der Waals surface area contributed by atoms with Crippen LogP contribution in [-0.2, 0) is 40.2 Å². The first-order valence-corrected chi connectivity index (χ1v) is 5.13. The fourth-order valence-corrected chi connectivity index (χ4v) is 0.782. The van der Waals surface area contributed by atoms with Crippen molar-refractivity contribution in [2.24, 2.45) is 0 Å². The van der Waals surface area contributed by atoms with Crippen LogP contribution in [0.3, 0.4) is 0 Å². The van der Waals surface area contributed by atoms with Gasteiger partial charge in [-0.2, -0.15) is 0 Å². The molecule has 142 valence electrons. The van der Waals surface area contributed by atoms with E-state index in [0.717, 1.165) is 0 Å². The summed E-state index contributed by atoms with van der Waals surface area (Å²) < 4.78 is 0. The molecule has 0 rings (SSSR count). The molecule has 0 radical (unpaired) electrons. The van der Waals surface area contributed by atoms with Gasteiger partial charge in [0.05, 0.1) is 0 Å². The van der Waals surface area contributed by atoms with Crippen LogP contribution in [0.5, 0.6) is 0 Å². The molecule has 10 nitrogen and oxygen atoms in total. The summed E-state index contributed by atoms with van der Waals surface area (Å²) in [5.74, 6) is -3.79. The van der Waals surface area contributed by atoms with Crippen molar-refractivity contribution in [3.63, 3.8) is 0 Å². The van der Waals surface area contributed by atoms with Crippen molar-refractivity contribution >= 4 is 23.9 Å². The fraction of sp³-hybridized carbons (Fsp3) is 0.600. The van der Waals surface area contributed by atoms with E-state index in [2.05, 4.69) is 0 Å². The summed E-state index contributed by atoms with van der Waals surface area (Å²) >= 11 is 0. The quantitative estimate of drug-likeness (QED) is 0.165. The molecule has 0 aliphatic heterocycles. The average Bonchev–Trinajstić information content (AvgIpc) is 2.15. The number of halogens is 2. The second-order valence-corrected chi connectivity index (χ2v) is 3.28. The van der Waals surface area contributed by atoms with Crippen LogP contribution in [0.4, 0.5) is 0 Å². The van der Waals surface area contributed by atoms with Gasteiger partial charge in [-0.05, 0) is 12.8 Å². The molecule has 0 aliphatic carbocycles. The normalized spacial score (nSPS) is 6.96. The second-order valence-electron chi connectivity index (χ2n) is 3.28. The van der Waals surface area contributed by atoms with Gasteiger partial charge in [-0.15, -0.1) is 0 Å². The van der Waals surface area contributed by atoms with E-state index >= 15 is 0 Å². The molecule has 0 atom stereocenters. The van der Waals surface area contributed by atoms with Crippen LogP contribution in [0, 0.1) is 0 Å². The zero-order chi connectivity index (χ0) is 14.6. The van der Waals surface area contributed by atoms with Crippen LogP contribution in [0.15, 0.2) is 0 Å². The maximum absolute atomic E-state index is 9.79. The molecule has 0 aromatic carbocycles. The Labute approximate surface area is 160 Å². The third kappa shape index (κ3) is 62.5. The molecule has 0 saturated carbocycles. The number of rotatable bonds is 8. The Morgan fingerprint density at radius 2 is 0.652 bits per heavy atom. The first kappa shape index (κ1) is 43.1. The second kappa shape index (κ2) is 29.1. The van der Waals surface area contributed by atoms with Gasteiger partial charge in [0.25, 0.3) is 0 Å². The molecule has 0 fully saturated rings. The molecule has 0 aliphatic rings. The van der Waals surface area contributed by atoms with Crippen LogP contribution >= 0.6 is 0 Å². The Kier molecular flexibility index (Phi) is 54.6. The first-order chi connectivity index (χ1) is 8.25. The van der Waals surface area contributed by atoms with Crippen molar-refractivity contribution in [3.05, 3.63) is 0 Å². The van der Waals surface area contributed by atoms with Gasteiger partial charge in [0.2, 0.25) is 0 Å². The van der Waals surface area contributed by atoms with E-state index in [0.29, 0.717) is 0 Å². The maximum Gasteiger partial charge on any atom is 4.00 e. The predicted molar refractivity (Wildman–Crippen MR) is 68.3 cm³/mol. The topological polar surface area (TPSA) is 219 Å². The molecular weight excluding hydrogens is 542 g/mol. The Bertz CT molecular complexity index is 263. The molecule has 13 heteroatoms. The van der Waals surface area contributed by atoms with Crippen molar-refractivity contribution in [1.29, 1.82) is 0 Å². The van der Waals surface area contributed by atoms with Gasteiger partial charge >= 0.3 is 44.9 Å². The first-order valence-electron chi connectivity index (χ1n) is 5.13. The van der Waals surface area contributed by atoms with Gasteiger partial charge in [0.15, 0.2) is 0 Å². The SMILES string of the molecule is N.N.O=C(O)CCCC(=O)O.O=C(O)CCCC(=O)O.[Cl-].[Cl-].[Pt+4]. The predicted octanol–water partition coefficient (Wildman–Crippen LogP) is -5.02. The van der Waals surface area contributed by atoms with Gasteiger partial charge in [-0.3, -0.25) is 19.2 Å². The summed E-state index contributed by atoms with van der Waals surface area (Å²) in [6, 6.07) is 0. The monoisotopic (exact) mass is 563 g/mol. The summed E-state index contributed by atoms with van der Waals surface area (Å²) in [5, 5.41) is 32.1. The van der Waals surface area contributed by atoms with Crippen LogP contribution in [-0.4, -0.2) is 44.3 Å². The van der Waals surface area contributed by atoms with Crippen molar-refractivity contribution < 1.29 is 85.5 Å². The van der Waals surface area contributed by atoms with Crippen LogP contribution < -0.4 is 37.1 Å².